The SMILES string of the molecule is Cn1ccnc1C#N.Cn1ccnc1C=O. The van der Waals surface area contributed by atoms with Gasteiger partial charge >= 0.3 is 0 Å². The summed E-state index contributed by atoms with van der Waals surface area (Å²) in [7, 11) is 3.56. The maximum absolute atomic E-state index is 10.0. The summed E-state index contributed by atoms with van der Waals surface area (Å²) in [5.41, 5.74) is 0. The van der Waals surface area contributed by atoms with Crippen LogP contribution >= 0.6 is 0 Å². The molecular weight excluding hydrogens is 206 g/mol. The topological polar surface area (TPSA) is 76.5 Å². The summed E-state index contributed by atoms with van der Waals surface area (Å²) in [5.74, 6) is 0.912. The van der Waals surface area contributed by atoms with Crippen molar-refractivity contribution in [2.45, 2.75) is 0 Å². The predicted octanol–water partition coefficient (Wildman–Crippen LogP) is 0.524. The summed E-state index contributed by atoms with van der Waals surface area (Å²) in [4.78, 5) is 17.5. The molecule has 0 spiro atoms. The molecule has 2 aromatic rings. The smallest absolute Gasteiger partial charge is 0.212 e. The van der Waals surface area contributed by atoms with Gasteiger partial charge in [-0.15, -0.1) is 0 Å². The van der Waals surface area contributed by atoms with E-state index in [1.165, 1.54) is 0 Å². The molecule has 0 unspecified atom stereocenters. The average Bonchev–Trinajstić information content (AvgIpc) is 2.87. The molecule has 0 radical (unpaired) electrons. The van der Waals surface area contributed by atoms with Gasteiger partial charge < -0.3 is 9.13 Å². The van der Waals surface area contributed by atoms with Crippen LogP contribution in [0, 0.1) is 11.3 Å². The Hall–Kier alpha value is -2.42. The van der Waals surface area contributed by atoms with Crippen molar-refractivity contribution in [3.63, 3.8) is 0 Å². The molecule has 16 heavy (non-hydrogen) atoms. The Bertz CT molecular complexity index is 505. The third-order valence-electron chi connectivity index (χ3n) is 1.89. The van der Waals surface area contributed by atoms with Crippen LogP contribution < -0.4 is 0 Å². The van der Waals surface area contributed by atoms with Crippen LogP contribution in [0.2, 0.25) is 0 Å². The van der Waals surface area contributed by atoms with Crippen molar-refractivity contribution >= 4 is 6.29 Å². The lowest BCUT2D eigenvalue weighted by atomic mass is 10.7. The molecule has 0 saturated carbocycles. The van der Waals surface area contributed by atoms with Crippen LogP contribution in [0.25, 0.3) is 0 Å². The minimum atomic E-state index is 0.449. The molecule has 0 aliphatic rings. The lowest BCUT2D eigenvalue weighted by Crippen LogP contribution is -1.92. The van der Waals surface area contributed by atoms with E-state index in [0.717, 1.165) is 6.29 Å². The first kappa shape index (κ1) is 11.7. The highest BCUT2D eigenvalue weighted by atomic mass is 16.1. The molecule has 2 heterocycles. The van der Waals surface area contributed by atoms with Crippen LogP contribution in [0.5, 0.6) is 0 Å². The van der Waals surface area contributed by atoms with Crippen molar-refractivity contribution < 1.29 is 4.79 Å². The van der Waals surface area contributed by atoms with Gasteiger partial charge in [0.2, 0.25) is 5.82 Å². The molecule has 0 amide bonds. The third kappa shape index (κ3) is 2.78. The average molecular weight is 217 g/mol. The van der Waals surface area contributed by atoms with Crippen molar-refractivity contribution in [3.8, 4) is 6.07 Å². The van der Waals surface area contributed by atoms with E-state index >= 15 is 0 Å². The molecule has 0 atom stereocenters. The highest BCUT2D eigenvalue weighted by molar-refractivity contribution is 5.68. The van der Waals surface area contributed by atoms with Gasteiger partial charge in [0.1, 0.15) is 6.07 Å². The van der Waals surface area contributed by atoms with E-state index in [1.54, 1.807) is 48.0 Å². The van der Waals surface area contributed by atoms with Crippen LogP contribution in [-0.2, 0) is 14.1 Å². The normalized spacial score (nSPS) is 8.81. The molecule has 0 bridgehead atoms. The van der Waals surface area contributed by atoms with E-state index in [-0.39, 0.29) is 0 Å². The second-order valence-electron chi connectivity index (χ2n) is 2.99. The van der Waals surface area contributed by atoms with Gasteiger partial charge in [0, 0.05) is 38.9 Å². The summed E-state index contributed by atoms with van der Waals surface area (Å²) in [6.45, 7) is 0. The van der Waals surface area contributed by atoms with Gasteiger partial charge in [-0.3, -0.25) is 4.79 Å². The number of imidazole rings is 2. The summed E-state index contributed by atoms with van der Waals surface area (Å²) in [5, 5.41) is 8.27. The largest absolute Gasteiger partial charge is 0.332 e. The Balaban J connectivity index is 0.000000160. The maximum Gasteiger partial charge on any atom is 0.212 e. The maximum atomic E-state index is 10.0. The molecule has 6 nitrogen and oxygen atoms in total. The summed E-state index contributed by atoms with van der Waals surface area (Å²) in [6, 6.07) is 1.93. The molecule has 2 rings (SSSR count). The summed E-state index contributed by atoms with van der Waals surface area (Å²) < 4.78 is 3.33. The van der Waals surface area contributed by atoms with Crippen molar-refractivity contribution in [3.05, 3.63) is 36.4 Å². The molecule has 0 aliphatic carbocycles. The molecule has 0 saturated heterocycles. The Kier molecular flexibility index (Phi) is 3.98. The van der Waals surface area contributed by atoms with Crippen molar-refractivity contribution in [2.24, 2.45) is 14.1 Å². The second-order valence-corrected chi connectivity index (χ2v) is 2.99. The monoisotopic (exact) mass is 217 g/mol. The number of carbonyl (C=O) groups excluding carboxylic acids is 1. The van der Waals surface area contributed by atoms with E-state index < -0.39 is 0 Å². The van der Waals surface area contributed by atoms with Gasteiger partial charge in [0.05, 0.1) is 0 Å². The van der Waals surface area contributed by atoms with Crippen molar-refractivity contribution in [1.29, 1.82) is 5.26 Å². The quantitative estimate of drug-likeness (QED) is 0.652. The predicted molar refractivity (Wildman–Crippen MR) is 56.5 cm³/mol. The van der Waals surface area contributed by atoms with Crippen LogP contribution in [0.3, 0.4) is 0 Å². The molecule has 0 aliphatic heterocycles. The Morgan fingerprint density at radius 1 is 1.25 bits per heavy atom. The number of nitriles is 1. The van der Waals surface area contributed by atoms with E-state index in [1.807, 2.05) is 6.07 Å². The third-order valence-corrected chi connectivity index (χ3v) is 1.89. The fourth-order valence-corrected chi connectivity index (χ4v) is 0.964. The van der Waals surface area contributed by atoms with Crippen LogP contribution in [0.4, 0.5) is 0 Å². The summed E-state index contributed by atoms with van der Waals surface area (Å²) >= 11 is 0. The zero-order valence-corrected chi connectivity index (χ0v) is 9.03. The van der Waals surface area contributed by atoms with Gasteiger partial charge in [0.15, 0.2) is 12.1 Å². The standard InChI is InChI=1S/C5H5N3.C5H6N2O/c1-8-3-2-7-5(8)4-6;1-7-3-2-6-5(7)4-8/h2-3H,1H3;2-4H,1H3. The van der Waals surface area contributed by atoms with Gasteiger partial charge in [0.25, 0.3) is 0 Å². The number of aldehydes is 1. The number of rotatable bonds is 1. The van der Waals surface area contributed by atoms with Crippen LogP contribution in [0.15, 0.2) is 24.8 Å². The fourth-order valence-electron chi connectivity index (χ4n) is 0.964. The first-order valence-electron chi connectivity index (χ1n) is 4.49. The molecular formula is C10H11N5O. The number of aromatic nitrogens is 4. The number of nitrogens with zero attached hydrogens (tertiary/aromatic N) is 5. The van der Waals surface area contributed by atoms with E-state index in [2.05, 4.69) is 9.97 Å². The number of carbonyl (C=O) groups is 1. The van der Waals surface area contributed by atoms with Crippen molar-refractivity contribution in [1.82, 2.24) is 19.1 Å². The zero-order valence-electron chi connectivity index (χ0n) is 9.03. The van der Waals surface area contributed by atoms with Gasteiger partial charge in [-0.05, 0) is 0 Å². The van der Waals surface area contributed by atoms with Crippen molar-refractivity contribution in [2.75, 3.05) is 0 Å². The molecule has 2 aromatic heterocycles. The highest BCUT2D eigenvalue weighted by Gasteiger charge is 1.91. The number of hydrogen-bond donors (Lipinski definition) is 0. The van der Waals surface area contributed by atoms with Gasteiger partial charge in [-0.25, -0.2) is 9.97 Å². The molecule has 0 aromatic carbocycles. The first-order valence-corrected chi connectivity index (χ1v) is 4.49. The molecule has 0 N–H and O–H groups in total. The Labute approximate surface area is 92.8 Å². The fraction of sp³-hybridized carbons (Fsp3) is 0.200. The zero-order chi connectivity index (χ0) is 12.0. The number of hydrogen-bond acceptors (Lipinski definition) is 4. The van der Waals surface area contributed by atoms with E-state index in [9.17, 15) is 4.79 Å². The van der Waals surface area contributed by atoms with Crippen LogP contribution in [0.1, 0.15) is 16.4 Å². The van der Waals surface area contributed by atoms with E-state index in [4.69, 9.17) is 5.26 Å². The Morgan fingerprint density at radius 3 is 2.12 bits per heavy atom. The minimum absolute atomic E-state index is 0.449. The summed E-state index contributed by atoms with van der Waals surface area (Å²) in [6.07, 6.45) is 7.37. The molecule has 6 heteroatoms. The van der Waals surface area contributed by atoms with Gasteiger partial charge in [-0.1, -0.05) is 0 Å². The Morgan fingerprint density at radius 2 is 1.88 bits per heavy atom. The van der Waals surface area contributed by atoms with E-state index in [0.29, 0.717) is 11.6 Å². The lowest BCUT2D eigenvalue weighted by Gasteiger charge is -1.86. The first-order chi connectivity index (χ1) is 7.69. The minimum Gasteiger partial charge on any atom is -0.332 e. The molecule has 0 fully saturated rings. The van der Waals surface area contributed by atoms with Crippen LogP contribution in [-0.4, -0.2) is 25.4 Å². The van der Waals surface area contributed by atoms with Gasteiger partial charge in [-0.2, -0.15) is 5.26 Å². The number of aryl methyl sites for hydroxylation is 2. The highest BCUT2D eigenvalue weighted by Crippen LogP contribution is 1.88. The second kappa shape index (κ2) is 5.46. The lowest BCUT2D eigenvalue weighted by molar-refractivity contribution is 0.111. The molecule has 82 valence electrons.